The number of rotatable bonds is 12. The SMILES string of the molecule is c1ccc(N(c2ccccc2)c2ccc3c4ccccc4n(-c4cc(-n5c6ccccc6c6ccc(N(c7ccccc7)c7ccccc7)cc65)nc(N(c5ccccc5)c5ccc6c(c5)c5ccccc5n6-c5ccccc5)n4)c3c2)cc1. The van der Waals surface area contributed by atoms with E-state index >= 15 is 0 Å². The molecule has 0 aliphatic rings. The van der Waals surface area contributed by atoms with Gasteiger partial charge in [-0.25, -0.2) is 0 Å². The van der Waals surface area contributed by atoms with Crippen molar-refractivity contribution < 1.29 is 0 Å². The first kappa shape index (κ1) is 48.4. The van der Waals surface area contributed by atoms with Gasteiger partial charge in [-0.3, -0.25) is 14.0 Å². The van der Waals surface area contributed by atoms with Crippen molar-refractivity contribution in [2.75, 3.05) is 14.7 Å². The Morgan fingerprint density at radius 1 is 0.202 bits per heavy atom. The quantitative estimate of drug-likeness (QED) is 0.122. The molecule has 0 radical (unpaired) electrons. The maximum Gasteiger partial charge on any atom is 0.238 e. The van der Waals surface area contributed by atoms with E-state index in [0.29, 0.717) is 17.6 Å². The lowest BCUT2D eigenvalue weighted by atomic mass is 10.1. The van der Waals surface area contributed by atoms with Gasteiger partial charge in [0, 0.05) is 89.6 Å². The molecule has 0 fully saturated rings. The van der Waals surface area contributed by atoms with Crippen molar-refractivity contribution in [3.05, 3.63) is 315 Å². The van der Waals surface area contributed by atoms with Crippen molar-refractivity contribution in [3.63, 3.8) is 0 Å². The maximum atomic E-state index is 5.85. The molecule has 8 nitrogen and oxygen atoms in total. The van der Waals surface area contributed by atoms with Crippen LogP contribution in [0, 0.1) is 0 Å². The average Bonchev–Trinajstić information content (AvgIpc) is 4.37. The summed E-state index contributed by atoms with van der Waals surface area (Å²) >= 11 is 0. The fraction of sp³-hybridized carbons (Fsp3) is 0. The molecule has 4 heterocycles. The van der Waals surface area contributed by atoms with E-state index in [4.69, 9.17) is 9.97 Å². The van der Waals surface area contributed by atoms with Crippen molar-refractivity contribution in [1.82, 2.24) is 23.7 Å². The van der Waals surface area contributed by atoms with Gasteiger partial charge in [0.15, 0.2) is 0 Å². The number of benzene rings is 12. The number of fused-ring (bicyclic) bond motifs is 9. The minimum Gasteiger partial charge on any atom is -0.310 e. The predicted octanol–water partition coefficient (Wildman–Crippen LogP) is 20.2. The second kappa shape index (κ2) is 20.3. The predicted molar refractivity (Wildman–Crippen MR) is 349 cm³/mol. The number of hydrogen-bond acceptors (Lipinski definition) is 5. The van der Waals surface area contributed by atoms with Gasteiger partial charge < -0.3 is 14.4 Å². The molecule has 16 rings (SSSR count). The standard InChI is InChI=1S/C76H52N8/c1-7-25-53(26-8-1)79(54-27-9-2-10-28-54)60-43-46-65-62-37-19-23-41-69(62)83(72(65)50-60)74-52-75(84-70-42-24-20-38-63(70)66-47-44-61(51-73(66)84)80(55-29-11-3-12-30-55)56-31-13-4-14-32-56)78-76(77-74)81(57-33-15-5-16-34-57)59-45-48-71-67(49-59)64-39-21-22-40-68(64)82(71)58-35-17-6-18-36-58/h1-52H. The topological polar surface area (TPSA) is 50.3 Å². The number of para-hydroxylation sites is 9. The average molecular weight is 1080 g/mol. The van der Waals surface area contributed by atoms with Crippen molar-refractivity contribution in [3.8, 4) is 17.3 Å². The second-order valence-electron chi connectivity index (χ2n) is 21.1. The zero-order valence-electron chi connectivity index (χ0n) is 45.6. The molecule has 0 aliphatic carbocycles. The van der Waals surface area contributed by atoms with E-state index in [0.717, 1.165) is 117 Å². The summed E-state index contributed by atoms with van der Waals surface area (Å²) in [5.41, 5.74) is 15.5. The highest BCUT2D eigenvalue weighted by Crippen LogP contribution is 2.45. The first-order chi connectivity index (χ1) is 41.7. The van der Waals surface area contributed by atoms with Crippen molar-refractivity contribution in [1.29, 1.82) is 0 Å². The van der Waals surface area contributed by atoms with Gasteiger partial charge in [0.1, 0.15) is 11.6 Å². The van der Waals surface area contributed by atoms with Crippen LogP contribution in [-0.4, -0.2) is 23.7 Å². The Morgan fingerprint density at radius 2 is 0.512 bits per heavy atom. The molecular formula is C76H52N8. The van der Waals surface area contributed by atoms with Crippen LogP contribution < -0.4 is 14.7 Å². The molecule has 0 atom stereocenters. The summed E-state index contributed by atoms with van der Waals surface area (Å²) in [4.78, 5) is 18.6. The molecule has 0 amide bonds. The van der Waals surface area contributed by atoms with Gasteiger partial charge in [0.05, 0.1) is 33.1 Å². The van der Waals surface area contributed by atoms with Crippen LogP contribution in [-0.2, 0) is 0 Å². The fourth-order valence-electron chi connectivity index (χ4n) is 12.5. The van der Waals surface area contributed by atoms with Crippen molar-refractivity contribution in [2.24, 2.45) is 0 Å². The van der Waals surface area contributed by atoms with E-state index in [1.807, 2.05) is 0 Å². The molecule has 0 saturated carbocycles. The highest BCUT2D eigenvalue weighted by Gasteiger charge is 2.26. The molecule has 396 valence electrons. The summed E-state index contributed by atoms with van der Waals surface area (Å²) in [5.74, 6) is 1.93. The zero-order valence-corrected chi connectivity index (χ0v) is 45.6. The Labute approximate surface area is 485 Å². The van der Waals surface area contributed by atoms with Crippen LogP contribution in [0.2, 0.25) is 0 Å². The smallest absolute Gasteiger partial charge is 0.238 e. The first-order valence-electron chi connectivity index (χ1n) is 28.4. The van der Waals surface area contributed by atoms with Gasteiger partial charge in [0.2, 0.25) is 5.95 Å². The lowest BCUT2D eigenvalue weighted by molar-refractivity contribution is 0.967. The lowest BCUT2D eigenvalue weighted by Gasteiger charge is -2.26. The van der Waals surface area contributed by atoms with Gasteiger partial charge in [0.25, 0.3) is 0 Å². The number of hydrogen-bond donors (Lipinski definition) is 0. The van der Waals surface area contributed by atoms with E-state index in [1.54, 1.807) is 0 Å². The summed E-state index contributed by atoms with van der Waals surface area (Å²) in [6, 6.07) is 112. The Morgan fingerprint density at radius 3 is 0.940 bits per heavy atom. The number of aromatic nitrogens is 5. The minimum absolute atomic E-state index is 0.509. The van der Waals surface area contributed by atoms with Crippen LogP contribution in [0.1, 0.15) is 0 Å². The molecular weight excluding hydrogens is 1020 g/mol. The Kier molecular flexibility index (Phi) is 11.7. The summed E-state index contributed by atoms with van der Waals surface area (Å²) in [5, 5.41) is 6.74. The van der Waals surface area contributed by atoms with Crippen molar-refractivity contribution >= 4 is 117 Å². The van der Waals surface area contributed by atoms with Crippen LogP contribution in [0.5, 0.6) is 0 Å². The van der Waals surface area contributed by atoms with Crippen molar-refractivity contribution in [2.45, 2.75) is 0 Å². The van der Waals surface area contributed by atoms with Gasteiger partial charge in [-0.05, 0) is 133 Å². The summed E-state index contributed by atoms with van der Waals surface area (Å²) < 4.78 is 7.03. The Hall–Kier alpha value is -11.5. The summed E-state index contributed by atoms with van der Waals surface area (Å²) in [7, 11) is 0. The molecule has 4 aromatic heterocycles. The lowest BCUT2D eigenvalue weighted by Crippen LogP contribution is -2.16. The summed E-state index contributed by atoms with van der Waals surface area (Å²) in [6.45, 7) is 0. The van der Waals surface area contributed by atoms with E-state index in [9.17, 15) is 0 Å². The normalized spacial score (nSPS) is 11.6. The van der Waals surface area contributed by atoms with Gasteiger partial charge in [-0.2, -0.15) is 9.97 Å². The highest BCUT2D eigenvalue weighted by atomic mass is 15.3. The molecule has 0 N–H and O–H groups in total. The molecule has 0 saturated heterocycles. The minimum atomic E-state index is 0.509. The van der Waals surface area contributed by atoms with Crippen LogP contribution >= 0.6 is 0 Å². The van der Waals surface area contributed by atoms with E-state index < -0.39 is 0 Å². The first-order valence-corrected chi connectivity index (χ1v) is 28.4. The van der Waals surface area contributed by atoms with Crippen LogP contribution in [0.3, 0.4) is 0 Å². The Bertz CT molecular complexity index is 4780. The van der Waals surface area contributed by atoms with Crippen LogP contribution in [0.25, 0.3) is 82.7 Å². The molecule has 8 heteroatoms. The molecule has 0 aliphatic heterocycles. The van der Waals surface area contributed by atoms with Crippen LogP contribution in [0.4, 0.5) is 51.4 Å². The second-order valence-corrected chi connectivity index (χ2v) is 21.1. The van der Waals surface area contributed by atoms with E-state index in [1.165, 1.54) is 0 Å². The number of nitrogens with zero attached hydrogens (tertiary/aromatic N) is 8. The molecule has 16 aromatic rings. The third kappa shape index (κ3) is 8.15. The highest BCUT2D eigenvalue weighted by molar-refractivity contribution is 6.13. The molecule has 0 spiro atoms. The zero-order chi connectivity index (χ0) is 55.5. The largest absolute Gasteiger partial charge is 0.310 e. The molecule has 84 heavy (non-hydrogen) atoms. The van der Waals surface area contributed by atoms with Gasteiger partial charge in [-0.1, -0.05) is 176 Å². The maximum absolute atomic E-state index is 5.85. The third-order valence-corrected chi connectivity index (χ3v) is 16.2. The van der Waals surface area contributed by atoms with Gasteiger partial charge >= 0.3 is 0 Å². The van der Waals surface area contributed by atoms with E-state index in [-0.39, 0.29) is 0 Å². The molecule has 12 aromatic carbocycles. The van der Waals surface area contributed by atoms with Crippen LogP contribution in [0.15, 0.2) is 315 Å². The monoisotopic (exact) mass is 1080 g/mol. The molecule has 0 unspecified atom stereocenters. The van der Waals surface area contributed by atoms with E-state index in [2.05, 4.69) is 344 Å². The Balaban J connectivity index is 0.992. The molecule has 0 bridgehead atoms. The summed E-state index contributed by atoms with van der Waals surface area (Å²) in [6.07, 6.45) is 0. The third-order valence-electron chi connectivity index (χ3n) is 16.2. The van der Waals surface area contributed by atoms with Gasteiger partial charge in [-0.15, -0.1) is 0 Å². The number of anilines is 9. The fourth-order valence-corrected chi connectivity index (χ4v) is 12.5.